The number of fused-ring (bicyclic) bond motifs is 1. The lowest BCUT2D eigenvalue weighted by Gasteiger charge is -2.02. The van der Waals surface area contributed by atoms with Crippen molar-refractivity contribution in [2.24, 2.45) is 0 Å². The summed E-state index contributed by atoms with van der Waals surface area (Å²) in [5, 5.41) is 0. The zero-order valence-corrected chi connectivity index (χ0v) is 11.0. The SMILES string of the molecule is CCn1cnc2cc(Sc3ccccc3)ccc21. The minimum absolute atomic E-state index is 0.960. The second-order valence-electron chi connectivity index (χ2n) is 4.10. The van der Waals surface area contributed by atoms with E-state index in [1.165, 1.54) is 15.3 Å². The molecule has 0 bridgehead atoms. The van der Waals surface area contributed by atoms with Crippen molar-refractivity contribution < 1.29 is 0 Å². The Bertz CT molecular complexity index is 659. The fourth-order valence-electron chi connectivity index (χ4n) is 1.98. The summed E-state index contributed by atoms with van der Waals surface area (Å²) < 4.78 is 2.16. The van der Waals surface area contributed by atoms with Crippen LogP contribution in [0.5, 0.6) is 0 Å². The Morgan fingerprint density at radius 1 is 1.06 bits per heavy atom. The number of hydrogen-bond donors (Lipinski definition) is 0. The highest BCUT2D eigenvalue weighted by molar-refractivity contribution is 7.99. The molecule has 2 aromatic carbocycles. The largest absolute Gasteiger partial charge is 0.331 e. The monoisotopic (exact) mass is 254 g/mol. The Morgan fingerprint density at radius 3 is 2.67 bits per heavy atom. The third-order valence-corrected chi connectivity index (χ3v) is 3.91. The molecule has 0 spiro atoms. The van der Waals surface area contributed by atoms with Gasteiger partial charge in [-0.3, -0.25) is 0 Å². The second kappa shape index (κ2) is 4.86. The Labute approximate surface area is 111 Å². The van der Waals surface area contributed by atoms with E-state index in [9.17, 15) is 0 Å². The molecule has 0 aliphatic rings. The Kier molecular flexibility index (Phi) is 3.07. The van der Waals surface area contributed by atoms with E-state index in [1.54, 1.807) is 11.8 Å². The van der Waals surface area contributed by atoms with E-state index in [2.05, 4.69) is 58.9 Å². The molecule has 0 unspecified atom stereocenters. The van der Waals surface area contributed by atoms with E-state index in [4.69, 9.17) is 0 Å². The molecule has 3 aromatic rings. The maximum atomic E-state index is 4.44. The van der Waals surface area contributed by atoms with Gasteiger partial charge in [0.05, 0.1) is 17.4 Å². The maximum Gasteiger partial charge on any atom is 0.0958 e. The molecule has 0 aliphatic carbocycles. The van der Waals surface area contributed by atoms with Crippen LogP contribution in [0.25, 0.3) is 11.0 Å². The zero-order valence-electron chi connectivity index (χ0n) is 10.2. The van der Waals surface area contributed by atoms with Crippen molar-refractivity contribution in [1.82, 2.24) is 9.55 Å². The predicted octanol–water partition coefficient (Wildman–Crippen LogP) is 4.21. The molecule has 0 fully saturated rings. The molecule has 0 radical (unpaired) electrons. The molecule has 18 heavy (non-hydrogen) atoms. The van der Waals surface area contributed by atoms with Crippen molar-refractivity contribution >= 4 is 22.8 Å². The molecular formula is C15H14N2S. The van der Waals surface area contributed by atoms with Crippen LogP contribution in [0, 0.1) is 0 Å². The van der Waals surface area contributed by atoms with E-state index in [0.717, 1.165) is 12.1 Å². The first-order valence-corrected chi connectivity index (χ1v) is 6.86. The maximum absolute atomic E-state index is 4.44. The standard InChI is InChI=1S/C15H14N2S/c1-2-17-11-16-14-10-13(8-9-15(14)17)18-12-6-4-3-5-7-12/h3-11H,2H2,1H3. The second-order valence-corrected chi connectivity index (χ2v) is 5.24. The molecule has 3 heteroatoms. The highest BCUT2D eigenvalue weighted by atomic mass is 32.2. The predicted molar refractivity (Wildman–Crippen MR) is 76.0 cm³/mol. The third kappa shape index (κ3) is 2.14. The van der Waals surface area contributed by atoms with Crippen molar-refractivity contribution in [3.63, 3.8) is 0 Å². The molecular weight excluding hydrogens is 240 g/mol. The van der Waals surface area contributed by atoms with Gasteiger partial charge in [-0.2, -0.15) is 0 Å². The van der Waals surface area contributed by atoms with E-state index in [-0.39, 0.29) is 0 Å². The summed E-state index contributed by atoms with van der Waals surface area (Å²) in [4.78, 5) is 6.93. The summed E-state index contributed by atoms with van der Waals surface area (Å²) in [5.41, 5.74) is 2.27. The van der Waals surface area contributed by atoms with Gasteiger partial charge in [-0.05, 0) is 37.3 Å². The number of imidazole rings is 1. The van der Waals surface area contributed by atoms with Crippen LogP contribution in [0.15, 0.2) is 64.6 Å². The minimum Gasteiger partial charge on any atom is -0.331 e. The van der Waals surface area contributed by atoms with Gasteiger partial charge in [-0.15, -0.1) is 0 Å². The Hall–Kier alpha value is -1.74. The van der Waals surface area contributed by atoms with Gasteiger partial charge in [0.25, 0.3) is 0 Å². The van der Waals surface area contributed by atoms with Gasteiger partial charge in [-0.1, -0.05) is 30.0 Å². The van der Waals surface area contributed by atoms with Gasteiger partial charge in [0, 0.05) is 16.3 Å². The van der Waals surface area contributed by atoms with Crippen molar-refractivity contribution in [1.29, 1.82) is 0 Å². The smallest absolute Gasteiger partial charge is 0.0958 e. The Morgan fingerprint density at radius 2 is 1.89 bits per heavy atom. The lowest BCUT2D eigenvalue weighted by molar-refractivity contribution is 0.787. The van der Waals surface area contributed by atoms with Crippen molar-refractivity contribution in [3.8, 4) is 0 Å². The number of hydrogen-bond acceptors (Lipinski definition) is 2. The molecule has 1 heterocycles. The lowest BCUT2D eigenvalue weighted by atomic mass is 10.3. The van der Waals surface area contributed by atoms with Gasteiger partial charge in [-0.25, -0.2) is 4.98 Å². The molecule has 0 saturated heterocycles. The molecule has 3 rings (SSSR count). The van der Waals surface area contributed by atoms with Crippen LogP contribution in [-0.4, -0.2) is 9.55 Å². The highest BCUT2D eigenvalue weighted by Gasteiger charge is 2.03. The first-order valence-electron chi connectivity index (χ1n) is 6.04. The van der Waals surface area contributed by atoms with Crippen molar-refractivity contribution in [2.75, 3.05) is 0 Å². The van der Waals surface area contributed by atoms with Crippen LogP contribution < -0.4 is 0 Å². The average molecular weight is 254 g/mol. The Balaban J connectivity index is 1.94. The topological polar surface area (TPSA) is 17.8 Å². The van der Waals surface area contributed by atoms with Crippen LogP contribution in [0.3, 0.4) is 0 Å². The molecule has 0 saturated carbocycles. The van der Waals surface area contributed by atoms with Crippen LogP contribution in [0.2, 0.25) is 0 Å². The number of nitrogens with zero attached hydrogens (tertiary/aromatic N) is 2. The van der Waals surface area contributed by atoms with Crippen LogP contribution in [-0.2, 0) is 6.54 Å². The fraction of sp³-hybridized carbons (Fsp3) is 0.133. The first kappa shape index (κ1) is 11.4. The fourth-order valence-corrected chi connectivity index (χ4v) is 2.86. The summed E-state index contributed by atoms with van der Waals surface area (Å²) in [7, 11) is 0. The molecule has 0 aliphatic heterocycles. The van der Waals surface area contributed by atoms with E-state index in [0.29, 0.717) is 0 Å². The van der Waals surface area contributed by atoms with E-state index >= 15 is 0 Å². The molecule has 0 N–H and O–H groups in total. The summed E-state index contributed by atoms with van der Waals surface area (Å²) >= 11 is 1.77. The highest BCUT2D eigenvalue weighted by Crippen LogP contribution is 2.29. The molecule has 0 atom stereocenters. The minimum atomic E-state index is 0.960. The van der Waals surface area contributed by atoms with Crippen LogP contribution in [0.1, 0.15) is 6.92 Å². The number of benzene rings is 2. The van der Waals surface area contributed by atoms with Gasteiger partial charge in [0.2, 0.25) is 0 Å². The van der Waals surface area contributed by atoms with E-state index in [1.807, 2.05) is 12.4 Å². The lowest BCUT2D eigenvalue weighted by Crippen LogP contribution is -1.89. The molecule has 90 valence electrons. The average Bonchev–Trinajstić information content (AvgIpc) is 2.82. The van der Waals surface area contributed by atoms with E-state index < -0.39 is 0 Å². The third-order valence-electron chi connectivity index (χ3n) is 2.91. The summed E-state index contributed by atoms with van der Waals surface area (Å²) in [6, 6.07) is 16.9. The number of aromatic nitrogens is 2. The zero-order chi connectivity index (χ0) is 12.4. The first-order chi connectivity index (χ1) is 8.86. The van der Waals surface area contributed by atoms with Crippen molar-refractivity contribution in [3.05, 3.63) is 54.9 Å². The van der Waals surface area contributed by atoms with Crippen LogP contribution >= 0.6 is 11.8 Å². The molecule has 0 amide bonds. The van der Waals surface area contributed by atoms with Crippen molar-refractivity contribution in [2.45, 2.75) is 23.3 Å². The van der Waals surface area contributed by atoms with Gasteiger partial charge < -0.3 is 4.57 Å². The molecule has 1 aromatic heterocycles. The van der Waals surface area contributed by atoms with Gasteiger partial charge in [0.1, 0.15) is 0 Å². The summed E-state index contributed by atoms with van der Waals surface area (Å²) in [6.07, 6.45) is 1.90. The number of rotatable bonds is 3. The summed E-state index contributed by atoms with van der Waals surface area (Å²) in [6.45, 7) is 3.09. The summed E-state index contributed by atoms with van der Waals surface area (Å²) in [5.74, 6) is 0. The van der Waals surface area contributed by atoms with Gasteiger partial charge in [0.15, 0.2) is 0 Å². The quantitative estimate of drug-likeness (QED) is 0.697. The normalized spacial score (nSPS) is 10.9. The number of aryl methyl sites for hydroxylation is 1. The molecule has 2 nitrogen and oxygen atoms in total. The van der Waals surface area contributed by atoms with Crippen LogP contribution in [0.4, 0.5) is 0 Å². The van der Waals surface area contributed by atoms with Gasteiger partial charge >= 0.3 is 0 Å².